The molecular formula is C29H28N4O4S. The van der Waals surface area contributed by atoms with Crippen molar-refractivity contribution in [1.82, 2.24) is 14.9 Å². The third-order valence-electron chi connectivity index (χ3n) is 7.15. The SMILES string of the molecule is COc1ccc(OC)c(N2C(=S)N[C@@H](c3ccccn3)[C@@H]2c2cc(C)n(-c3ccc4c(c3)OCO4)c2C)c1. The van der Waals surface area contributed by atoms with Gasteiger partial charge in [0.2, 0.25) is 6.79 Å². The Bertz CT molecular complexity index is 1520. The fourth-order valence-electron chi connectivity index (χ4n) is 5.42. The summed E-state index contributed by atoms with van der Waals surface area (Å²) in [5, 5.41) is 4.13. The zero-order valence-corrected chi connectivity index (χ0v) is 22.4. The Hall–Kier alpha value is -4.24. The number of pyridine rings is 1. The molecular weight excluding hydrogens is 500 g/mol. The summed E-state index contributed by atoms with van der Waals surface area (Å²) in [6.45, 7) is 4.47. The van der Waals surface area contributed by atoms with Crippen LogP contribution in [0.2, 0.25) is 0 Å². The van der Waals surface area contributed by atoms with Crippen LogP contribution in [-0.2, 0) is 0 Å². The molecule has 1 fully saturated rings. The molecule has 0 aliphatic carbocycles. The average molecular weight is 529 g/mol. The summed E-state index contributed by atoms with van der Waals surface area (Å²) >= 11 is 5.95. The van der Waals surface area contributed by atoms with Crippen LogP contribution in [0.15, 0.2) is 66.9 Å². The van der Waals surface area contributed by atoms with E-state index in [1.54, 1.807) is 14.2 Å². The summed E-state index contributed by atoms with van der Waals surface area (Å²) in [6.07, 6.45) is 1.81. The molecule has 2 aliphatic rings. The molecule has 2 aromatic heterocycles. The summed E-state index contributed by atoms with van der Waals surface area (Å²) in [4.78, 5) is 6.80. The number of hydrogen-bond donors (Lipinski definition) is 1. The van der Waals surface area contributed by atoms with Gasteiger partial charge in [0.05, 0.1) is 37.7 Å². The Morgan fingerprint density at radius 3 is 2.58 bits per heavy atom. The van der Waals surface area contributed by atoms with Crippen molar-refractivity contribution >= 4 is 23.0 Å². The van der Waals surface area contributed by atoms with Crippen LogP contribution in [0, 0.1) is 13.8 Å². The molecule has 8 nitrogen and oxygen atoms in total. The van der Waals surface area contributed by atoms with Crippen molar-refractivity contribution in [1.29, 1.82) is 0 Å². The lowest BCUT2D eigenvalue weighted by Gasteiger charge is -2.29. The van der Waals surface area contributed by atoms with Gasteiger partial charge in [0.1, 0.15) is 11.5 Å². The predicted molar refractivity (Wildman–Crippen MR) is 149 cm³/mol. The van der Waals surface area contributed by atoms with Crippen LogP contribution >= 0.6 is 12.2 Å². The van der Waals surface area contributed by atoms with Gasteiger partial charge < -0.3 is 33.7 Å². The van der Waals surface area contributed by atoms with Gasteiger partial charge in [-0.15, -0.1) is 0 Å². The lowest BCUT2D eigenvalue weighted by molar-refractivity contribution is 0.174. The van der Waals surface area contributed by atoms with Crippen molar-refractivity contribution in [2.75, 3.05) is 25.9 Å². The quantitative estimate of drug-likeness (QED) is 0.333. The van der Waals surface area contributed by atoms with Gasteiger partial charge in [-0.2, -0.15) is 0 Å². The van der Waals surface area contributed by atoms with Crippen LogP contribution in [0.25, 0.3) is 5.69 Å². The van der Waals surface area contributed by atoms with Crippen molar-refractivity contribution in [3.63, 3.8) is 0 Å². The highest BCUT2D eigenvalue weighted by Gasteiger charge is 2.43. The fourth-order valence-corrected chi connectivity index (χ4v) is 5.76. The van der Waals surface area contributed by atoms with Crippen molar-refractivity contribution in [2.24, 2.45) is 0 Å². The van der Waals surface area contributed by atoms with Crippen molar-refractivity contribution < 1.29 is 18.9 Å². The van der Waals surface area contributed by atoms with Gasteiger partial charge in [-0.05, 0) is 74.1 Å². The molecule has 4 heterocycles. The molecule has 1 saturated heterocycles. The van der Waals surface area contributed by atoms with Gasteiger partial charge in [0, 0.05) is 35.4 Å². The van der Waals surface area contributed by atoms with E-state index in [9.17, 15) is 0 Å². The second kappa shape index (κ2) is 9.57. The van der Waals surface area contributed by atoms with E-state index >= 15 is 0 Å². The number of anilines is 1. The van der Waals surface area contributed by atoms with E-state index in [-0.39, 0.29) is 18.9 Å². The maximum Gasteiger partial charge on any atom is 0.231 e. The number of benzene rings is 2. The van der Waals surface area contributed by atoms with Gasteiger partial charge >= 0.3 is 0 Å². The first kappa shape index (κ1) is 24.1. The molecule has 0 radical (unpaired) electrons. The lowest BCUT2D eigenvalue weighted by atomic mass is 9.96. The number of methoxy groups -OCH3 is 2. The van der Waals surface area contributed by atoms with Crippen molar-refractivity contribution in [3.05, 3.63) is 89.5 Å². The summed E-state index contributed by atoms with van der Waals surface area (Å²) < 4.78 is 24.7. The molecule has 0 bridgehead atoms. The number of fused-ring (bicyclic) bond motifs is 1. The standard InChI is InChI=1S/C29H28N4O4S/c1-17-13-21(18(2)32(17)19-8-10-25-26(14-19)37-16-36-25)28-27(22-7-5-6-12-30-22)31-29(38)33(28)23-15-20(34-3)9-11-24(23)35-4/h5-15,27-28H,16H2,1-4H3,(H,31,38)/t27-,28-/m0/s1. The molecule has 194 valence electrons. The van der Waals surface area contributed by atoms with Crippen LogP contribution in [0.5, 0.6) is 23.0 Å². The van der Waals surface area contributed by atoms with Gasteiger partial charge in [-0.25, -0.2) is 0 Å². The Morgan fingerprint density at radius 2 is 1.82 bits per heavy atom. The molecule has 0 unspecified atom stereocenters. The Kier molecular flexibility index (Phi) is 6.07. The minimum Gasteiger partial charge on any atom is -0.497 e. The van der Waals surface area contributed by atoms with E-state index in [1.165, 1.54) is 0 Å². The Morgan fingerprint density at radius 1 is 0.974 bits per heavy atom. The predicted octanol–water partition coefficient (Wildman–Crippen LogP) is 5.41. The van der Waals surface area contributed by atoms with Crippen LogP contribution in [0.1, 0.15) is 34.7 Å². The van der Waals surface area contributed by atoms with E-state index in [2.05, 4.69) is 39.7 Å². The maximum absolute atomic E-state index is 5.95. The highest BCUT2D eigenvalue weighted by Crippen LogP contribution is 2.47. The molecule has 2 aliphatic heterocycles. The number of nitrogens with zero attached hydrogens (tertiary/aromatic N) is 3. The first-order valence-corrected chi connectivity index (χ1v) is 12.7. The van der Waals surface area contributed by atoms with Gasteiger partial charge in [-0.1, -0.05) is 6.07 Å². The molecule has 4 aromatic rings. The molecule has 38 heavy (non-hydrogen) atoms. The van der Waals surface area contributed by atoms with Crippen LogP contribution in [0.3, 0.4) is 0 Å². The van der Waals surface area contributed by atoms with E-state index in [0.717, 1.165) is 51.3 Å². The van der Waals surface area contributed by atoms with Gasteiger partial charge in [0.25, 0.3) is 0 Å². The molecule has 1 N–H and O–H groups in total. The largest absolute Gasteiger partial charge is 0.497 e. The first-order valence-electron chi connectivity index (χ1n) is 12.3. The average Bonchev–Trinajstić information content (AvgIpc) is 3.63. The minimum absolute atomic E-state index is 0.190. The van der Waals surface area contributed by atoms with Gasteiger partial charge in [0.15, 0.2) is 16.6 Å². The molecule has 0 spiro atoms. The van der Waals surface area contributed by atoms with Crippen LogP contribution in [-0.4, -0.2) is 35.7 Å². The molecule has 0 amide bonds. The third-order valence-corrected chi connectivity index (χ3v) is 7.46. The monoisotopic (exact) mass is 528 g/mol. The number of rotatable bonds is 6. The highest BCUT2D eigenvalue weighted by atomic mass is 32.1. The number of aromatic nitrogens is 2. The number of aryl methyl sites for hydroxylation is 1. The maximum atomic E-state index is 5.95. The summed E-state index contributed by atoms with van der Waals surface area (Å²) in [5.41, 5.74) is 6.02. The second-order valence-corrected chi connectivity index (χ2v) is 9.62. The normalized spacial score (nSPS) is 18.0. The summed E-state index contributed by atoms with van der Waals surface area (Å²) in [7, 11) is 3.31. The Labute approximate surface area is 226 Å². The molecule has 0 saturated carbocycles. The topological polar surface area (TPSA) is 70.0 Å². The Balaban J connectivity index is 1.53. The molecule has 2 aromatic carbocycles. The van der Waals surface area contributed by atoms with E-state index in [1.807, 2.05) is 60.8 Å². The minimum atomic E-state index is -0.202. The fraction of sp³-hybridized carbons (Fsp3) is 0.241. The number of nitrogens with one attached hydrogen (secondary N) is 1. The van der Waals surface area contributed by atoms with Crippen LogP contribution in [0.4, 0.5) is 5.69 Å². The molecule has 9 heteroatoms. The summed E-state index contributed by atoms with van der Waals surface area (Å²) in [5.74, 6) is 2.92. The summed E-state index contributed by atoms with van der Waals surface area (Å²) in [6, 6.07) is 19.5. The van der Waals surface area contributed by atoms with Crippen molar-refractivity contribution in [2.45, 2.75) is 25.9 Å². The zero-order valence-electron chi connectivity index (χ0n) is 21.6. The van der Waals surface area contributed by atoms with Gasteiger partial charge in [-0.3, -0.25) is 4.98 Å². The van der Waals surface area contributed by atoms with E-state index < -0.39 is 0 Å². The van der Waals surface area contributed by atoms with Crippen molar-refractivity contribution in [3.8, 4) is 28.7 Å². The second-order valence-electron chi connectivity index (χ2n) is 9.23. The zero-order chi connectivity index (χ0) is 26.4. The highest BCUT2D eigenvalue weighted by molar-refractivity contribution is 7.80. The number of thiocarbonyl (C=S) groups is 1. The first-order chi connectivity index (χ1) is 18.5. The molecule has 6 rings (SSSR count). The third kappa shape index (κ3) is 3.90. The lowest BCUT2D eigenvalue weighted by Crippen LogP contribution is -2.30. The van der Waals surface area contributed by atoms with E-state index in [4.69, 9.17) is 31.2 Å². The number of ether oxygens (including phenoxy) is 4. The van der Waals surface area contributed by atoms with E-state index in [0.29, 0.717) is 10.9 Å². The molecule has 2 atom stereocenters. The number of hydrogen-bond acceptors (Lipinski definition) is 6. The smallest absolute Gasteiger partial charge is 0.231 e. The van der Waals surface area contributed by atoms with Crippen LogP contribution < -0.4 is 29.2 Å².